The molecule has 0 saturated heterocycles. The fraction of sp³-hybridized carbons (Fsp3) is 0.429. The van der Waals surface area contributed by atoms with Crippen LogP contribution in [0.25, 0.3) is 76.5 Å². The molecule has 2 aliphatic rings. The van der Waals surface area contributed by atoms with Crippen molar-refractivity contribution in [2.24, 2.45) is 0 Å². The molecule has 528 valence electrons. The number of aryl methyl sites for hydroxylation is 6. The van der Waals surface area contributed by atoms with Crippen molar-refractivity contribution in [3.8, 4) is 68.1 Å². The summed E-state index contributed by atoms with van der Waals surface area (Å²) in [6.45, 7) is 72.7. The molecule has 0 atom stereocenters. The molecule has 0 N–H and O–H groups in total. The molecule has 2 aliphatic carbocycles. The van der Waals surface area contributed by atoms with Gasteiger partial charge in [-0.25, -0.2) is 0 Å². The van der Waals surface area contributed by atoms with Crippen molar-refractivity contribution in [2.45, 2.75) is 274 Å². The van der Waals surface area contributed by atoms with E-state index in [0.29, 0.717) is 66.5 Å². The molecule has 0 saturated carbocycles. The van der Waals surface area contributed by atoms with E-state index >= 15 is 0 Å². The lowest BCUT2D eigenvalue weighted by atomic mass is 9.85. The smallest absolute Gasteiger partial charge is 0.125 e. The summed E-state index contributed by atoms with van der Waals surface area (Å²) in [5.74, 6) is 16.8. The van der Waals surface area contributed by atoms with Crippen LogP contribution in [0, 0.1) is 87.4 Å². The van der Waals surface area contributed by atoms with Crippen LogP contribution in [0.5, 0.6) is 0 Å². The van der Waals surface area contributed by atoms with Crippen molar-refractivity contribution in [2.75, 3.05) is 0 Å². The third-order valence-corrected chi connectivity index (χ3v) is 51.2. The van der Waals surface area contributed by atoms with Gasteiger partial charge < -0.3 is 0 Å². The monoisotopic (exact) mass is 1410 g/mol. The minimum atomic E-state index is -2.22. The summed E-state index contributed by atoms with van der Waals surface area (Å²) in [6, 6.07) is 43.8. The van der Waals surface area contributed by atoms with Crippen LogP contribution in [0.15, 0.2) is 109 Å². The Morgan fingerprint density at radius 3 is 0.618 bits per heavy atom. The van der Waals surface area contributed by atoms with Crippen molar-refractivity contribution < 1.29 is 0 Å². The predicted molar refractivity (Wildman–Crippen MR) is 463 cm³/mol. The highest BCUT2D eigenvalue weighted by atomic mass is 28.3. The zero-order chi connectivity index (χ0) is 74.6. The van der Waals surface area contributed by atoms with Crippen LogP contribution in [0.3, 0.4) is 0 Å². The molecule has 0 fully saturated rings. The number of hydrogen-bond donors (Lipinski definition) is 0. The van der Waals surface area contributed by atoms with Gasteiger partial charge in [-0.05, 0) is 276 Å². The molecule has 0 aliphatic heterocycles. The molecule has 0 unspecified atom stereocenters. The zero-order valence-electron chi connectivity index (χ0n) is 68.3. The van der Waals surface area contributed by atoms with Crippen LogP contribution in [-0.2, 0) is 0 Å². The minimum Gasteiger partial charge on any atom is -0.125 e. The number of benzene rings is 9. The Morgan fingerprint density at radius 2 is 0.422 bits per heavy atom. The van der Waals surface area contributed by atoms with Gasteiger partial charge in [0.1, 0.15) is 32.3 Å². The van der Waals surface area contributed by atoms with E-state index in [9.17, 15) is 0 Å². The summed E-state index contributed by atoms with van der Waals surface area (Å²) >= 11 is 0. The maximum atomic E-state index is 4.31. The lowest BCUT2D eigenvalue weighted by Gasteiger charge is -2.38. The maximum Gasteiger partial charge on any atom is 0.146 e. The topological polar surface area (TPSA) is 0 Å². The standard InChI is InChI=1S/C98H120Si4/c1-57(2)99(58(3)4,59(5)6)43-39-79-75-35-31-33-37-77(75)81(41-45-101(63(13)14,64(15)16)65(17)18)85-53-91-87(51-83(79)85)89-55-94-90(56-93(89)97(91)95-71(27)47-69(25)48-72(95)28)88-52-84-80(40-44-100(60(7)8,61(9)10)62(11)12)76-36-32-34-38-78(76)82(42-46-102(66(19)20,67(21)22)68(23)24)86(84)54-92(88)98(94)96-73(29)49-70(26)50-74(96)30/h31-38,47-68H,1-30H3. The summed E-state index contributed by atoms with van der Waals surface area (Å²) < 4.78 is 0. The van der Waals surface area contributed by atoms with Gasteiger partial charge in [-0.2, -0.15) is 0 Å². The molecule has 4 heteroatoms. The van der Waals surface area contributed by atoms with E-state index in [-0.39, 0.29) is 0 Å². The minimum absolute atomic E-state index is 0.484. The van der Waals surface area contributed by atoms with E-state index in [1.165, 1.54) is 143 Å². The molecule has 9 aromatic rings. The first-order chi connectivity index (χ1) is 48.0. The SMILES string of the molecule is Cc1cc(C)c(C2=c3cc4c(cc3-c3cc5c(C#C[Si](C(C)C)(C(C)C)C(C)C)c6ccccc6c(C#C[Si](C(C)C)(C(C)C)C(C)C)c5cc32)=C(c2c(C)cc(C)cc2C)c2cc3c(C#C[Si](C(C)C)(C(C)C)C(C)C)c5ccccc5c(C#C[Si](C(C)C)(C(C)C)C(C)C)c3cc2-4)c(C)c1. The average Bonchev–Trinajstić information content (AvgIpc) is 1.52. The Bertz CT molecular complexity index is 4840. The second-order valence-electron chi connectivity index (χ2n) is 35.3. The summed E-state index contributed by atoms with van der Waals surface area (Å²) in [5.41, 5.74) is 48.2. The van der Waals surface area contributed by atoms with Crippen LogP contribution >= 0.6 is 0 Å². The third-order valence-electron chi connectivity index (χ3n) is 26.1. The molecule has 0 spiro atoms. The molecule has 0 radical (unpaired) electrons. The Kier molecular flexibility index (Phi) is 21.2. The average molecular weight is 1410 g/mol. The van der Waals surface area contributed by atoms with E-state index in [2.05, 4.69) is 363 Å². The highest BCUT2D eigenvalue weighted by molar-refractivity contribution is 6.92. The molecule has 0 bridgehead atoms. The molecule has 0 aromatic heterocycles. The Labute approximate surface area is 621 Å². The van der Waals surface area contributed by atoms with Crippen molar-refractivity contribution >= 4 is 86.5 Å². The van der Waals surface area contributed by atoms with Crippen LogP contribution < -0.4 is 10.4 Å². The first-order valence-corrected chi connectivity index (χ1v) is 48.2. The highest BCUT2D eigenvalue weighted by Gasteiger charge is 2.46. The lowest BCUT2D eigenvalue weighted by molar-refractivity contribution is 0.838. The van der Waals surface area contributed by atoms with Gasteiger partial charge in [0.25, 0.3) is 0 Å². The highest BCUT2D eigenvalue weighted by Crippen LogP contribution is 2.51. The number of rotatable bonds is 14. The summed E-state index contributed by atoms with van der Waals surface area (Å²) in [4.78, 5) is 0. The fourth-order valence-corrected chi connectivity index (χ4v) is 42.5. The van der Waals surface area contributed by atoms with Crippen molar-refractivity contribution in [3.63, 3.8) is 0 Å². The number of fused-ring (bicyclic) bond motifs is 10. The Morgan fingerprint density at radius 1 is 0.225 bits per heavy atom. The second-order valence-corrected chi connectivity index (χ2v) is 57.6. The van der Waals surface area contributed by atoms with Gasteiger partial charge >= 0.3 is 0 Å². The van der Waals surface area contributed by atoms with Crippen molar-refractivity contribution in [3.05, 3.63) is 198 Å². The van der Waals surface area contributed by atoms with Gasteiger partial charge in [0, 0.05) is 22.3 Å². The van der Waals surface area contributed by atoms with Gasteiger partial charge in [0.05, 0.1) is 0 Å². The molecule has 9 aromatic carbocycles. The molecule has 102 heavy (non-hydrogen) atoms. The van der Waals surface area contributed by atoms with E-state index in [1.807, 2.05) is 0 Å². The van der Waals surface area contributed by atoms with Gasteiger partial charge in [-0.3, -0.25) is 0 Å². The number of hydrogen-bond acceptors (Lipinski definition) is 0. The van der Waals surface area contributed by atoms with Gasteiger partial charge in [0.2, 0.25) is 0 Å². The van der Waals surface area contributed by atoms with Crippen LogP contribution in [0.1, 0.15) is 244 Å². The Balaban J connectivity index is 1.39. The van der Waals surface area contributed by atoms with Crippen molar-refractivity contribution in [1.29, 1.82) is 0 Å². The van der Waals surface area contributed by atoms with Crippen LogP contribution in [0.2, 0.25) is 66.5 Å². The molecular weight excluding hydrogens is 1290 g/mol. The van der Waals surface area contributed by atoms with E-state index in [0.717, 1.165) is 22.3 Å². The maximum absolute atomic E-state index is 4.31. The van der Waals surface area contributed by atoms with E-state index < -0.39 is 32.3 Å². The molecule has 0 amide bonds. The Hall–Kier alpha value is -7.13. The van der Waals surface area contributed by atoms with Gasteiger partial charge in [-0.1, -0.05) is 274 Å². The van der Waals surface area contributed by atoms with Gasteiger partial charge in [0.15, 0.2) is 0 Å². The van der Waals surface area contributed by atoms with E-state index in [4.69, 9.17) is 0 Å². The quantitative estimate of drug-likeness (QED) is 0.0578. The summed E-state index contributed by atoms with van der Waals surface area (Å²) in [6.07, 6.45) is 0. The van der Waals surface area contributed by atoms with Gasteiger partial charge in [-0.15, -0.1) is 22.2 Å². The molecule has 11 rings (SSSR count). The van der Waals surface area contributed by atoms with E-state index in [1.54, 1.807) is 0 Å². The predicted octanol–water partition coefficient (Wildman–Crippen LogP) is 26.9. The van der Waals surface area contributed by atoms with Crippen LogP contribution in [-0.4, -0.2) is 32.3 Å². The molecule has 0 heterocycles. The molecular formula is C98H120Si4. The van der Waals surface area contributed by atoms with Crippen LogP contribution in [0.4, 0.5) is 0 Å². The first-order valence-electron chi connectivity index (χ1n) is 39.2. The third kappa shape index (κ3) is 12.1. The largest absolute Gasteiger partial charge is 0.146 e. The fourth-order valence-electron chi connectivity index (χ4n) is 21.7. The summed E-state index contributed by atoms with van der Waals surface area (Å²) in [7, 11) is -8.86. The summed E-state index contributed by atoms with van der Waals surface area (Å²) in [5, 5.41) is 12.2. The van der Waals surface area contributed by atoms with Crippen molar-refractivity contribution in [1.82, 2.24) is 0 Å². The normalized spacial score (nSPS) is 13.3. The zero-order valence-corrected chi connectivity index (χ0v) is 72.3. The lowest BCUT2D eigenvalue weighted by Crippen LogP contribution is -2.43. The molecule has 0 nitrogen and oxygen atoms in total. The second kappa shape index (κ2) is 28.4. The first kappa shape index (κ1) is 76.0.